The van der Waals surface area contributed by atoms with Crippen LogP contribution >= 0.6 is 11.8 Å². The Labute approximate surface area is 125 Å². The molecule has 1 aliphatic rings. The van der Waals surface area contributed by atoms with Crippen molar-refractivity contribution in [2.75, 3.05) is 24.7 Å². The zero-order valence-electron chi connectivity index (χ0n) is 12.0. The molecule has 0 amide bonds. The van der Waals surface area contributed by atoms with Crippen molar-refractivity contribution < 1.29 is 4.74 Å². The van der Waals surface area contributed by atoms with E-state index < -0.39 is 0 Å². The van der Waals surface area contributed by atoms with E-state index in [4.69, 9.17) is 10.5 Å². The molecule has 1 fully saturated rings. The van der Waals surface area contributed by atoms with Crippen molar-refractivity contribution in [2.45, 2.75) is 49.3 Å². The minimum Gasteiger partial charge on any atom is -0.378 e. The van der Waals surface area contributed by atoms with E-state index in [9.17, 15) is 0 Å². The highest BCUT2D eigenvalue weighted by molar-refractivity contribution is 7.98. The molecule has 1 aliphatic carbocycles. The maximum Gasteiger partial charge on any atom is 0.130 e. The first-order valence-corrected chi connectivity index (χ1v) is 8.47. The third-order valence-corrected chi connectivity index (χ3v) is 4.19. The van der Waals surface area contributed by atoms with E-state index in [1.807, 2.05) is 12.3 Å². The van der Waals surface area contributed by atoms with Gasteiger partial charge in [0.1, 0.15) is 17.2 Å². The molecule has 0 aromatic carbocycles. The van der Waals surface area contributed by atoms with Gasteiger partial charge in [-0.25, -0.2) is 9.97 Å². The quantitative estimate of drug-likeness (QED) is 0.457. The topological polar surface area (TPSA) is 73.1 Å². The van der Waals surface area contributed by atoms with Crippen molar-refractivity contribution in [3.63, 3.8) is 0 Å². The summed E-state index contributed by atoms with van der Waals surface area (Å²) in [5.74, 6) is 0.882. The Hall–Kier alpha value is -0.850. The minimum absolute atomic E-state index is 0.389. The van der Waals surface area contributed by atoms with Crippen LogP contribution in [-0.4, -0.2) is 41.5 Å². The van der Waals surface area contributed by atoms with Gasteiger partial charge in [0.15, 0.2) is 0 Å². The fourth-order valence-corrected chi connectivity index (χ4v) is 2.72. The second kappa shape index (κ2) is 8.44. The second-order valence-corrected chi connectivity index (χ2v) is 5.96. The van der Waals surface area contributed by atoms with Crippen molar-refractivity contribution >= 4 is 17.6 Å². The third kappa shape index (κ3) is 5.26. The number of rotatable bonds is 7. The molecule has 6 heteroatoms. The molecule has 3 N–H and O–H groups in total. The van der Waals surface area contributed by atoms with E-state index >= 15 is 0 Å². The fraction of sp³-hybridized carbons (Fsp3) is 0.714. The monoisotopic (exact) mass is 296 g/mol. The molecule has 1 aromatic heterocycles. The Balaban J connectivity index is 1.57. The molecule has 112 valence electrons. The minimum atomic E-state index is 0.389. The Morgan fingerprint density at radius 2 is 2.15 bits per heavy atom. The normalized spacial score (nSPS) is 22.7. The maximum absolute atomic E-state index is 5.88. The third-order valence-electron chi connectivity index (χ3n) is 3.55. The van der Waals surface area contributed by atoms with Gasteiger partial charge in [0, 0.05) is 25.3 Å². The summed E-state index contributed by atoms with van der Waals surface area (Å²) in [6, 6.07) is 2.36. The zero-order valence-corrected chi connectivity index (χ0v) is 12.9. The SMILES string of the molecule is CSc1cc(NCCCOC2CCC(N)CC2)ncn1. The lowest BCUT2D eigenvalue weighted by Crippen LogP contribution is -2.30. The van der Waals surface area contributed by atoms with Gasteiger partial charge in [-0.3, -0.25) is 0 Å². The van der Waals surface area contributed by atoms with Gasteiger partial charge in [0.2, 0.25) is 0 Å². The highest BCUT2D eigenvalue weighted by Gasteiger charge is 2.18. The van der Waals surface area contributed by atoms with E-state index in [0.29, 0.717) is 12.1 Å². The van der Waals surface area contributed by atoms with E-state index in [1.54, 1.807) is 18.1 Å². The Morgan fingerprint density at radius 3 is 2.90 bits per heavy atom. The zero-order chi connectivity index (χ0) is 14.2. The summed E-state index contributed by atoms with van der Waals surface area (Å²) in [5.41, 5.74) is 5.88. The van der Waals surface area contributed by atoms with Crippen molar-refractivity contribution in [3.05, 3.63) is 12.4 Å². The van der Waals surface area contributed by atoms with Gasteiger partial charge in [-0.15, -0.1) is 11.8 Å². The molecule has 1 saturated carbocycles. The molecule has 0 aliphatic heterocycles. The summed E-state index contributed by atoms with van der Waals surface area (Å²) in [7, 11) is 0. The van der Waals surface area contributed by atoms with Gasteiger partial charge in [-0.05, 0) is 38.4 Å². The molecule has 20 heavy (non-hydrogen) atoms. The van der Waals surface area contributed by atoms with Crippen molar-refractivity contribution in [2.24, 2.45) is 5.73 Å². The van der Waals surface area contributed by atoms with E-state index in [2.05, 4.69) is 15.3 Å². The standard InChI is InChI=1S/C14H24N4OS/c1-20-14-9-13(17-10-18-14)16-7-2-8-19-12-5-3-11(15)4-6-12/h9-12H,2-8,15H2,1H3,(H,16,17,18). The Bertz CT molecular complexity index is 397. The van der Waals surface area contributed by atoms with Crippen molar-refractivity contribution in [1.82, 2.24) is 9.97 Å². The number of nitrogens with two attached hydrogens (primary N) is 1. The van der Waals surface area contributed by atoms with Crippen LogP contribution in [0.4, 0.5) is 5.82 Å². The first-order chi connectivity index (χ1) is 9.78. The van der Waals surface area contributed by atoms with Gasteiger partial charge >= 0.3 is 0 Å². The summed E-state index contributed by atoms with van der Waals surface area (Å²) in [6.45, 7) is 1.67. The average molecular weight is 296 g/mol. The summed E-state index contributed by atoms with van der Waals surface area (Å²) < 4.78 is 5.88. The number of thioether (sulfide) groups is 1. The first-order valence-electron chi connectivity index (χ1n) is 7.25. The van der Waals surface area contributed by atoms with Crippen LogP contribution in [0.25, 0.3) is 0 Å². The molecular formula is C14H24N4OS. The van der Waals surface area contributed by atoms with Crippen LogP contribution in [0, 0.1) is 0 Å². The molecule has 0 unspecified atom stereocenters. The van der Waals surface area contributed by atoms with Crippen LogP contribution in [0.5, 0.6) is 0 Å². The highest BCUT2D eigenvalue weighted by atomic mass is 32.2. The number of hydrogen-bond acceptors (Lipinski definition) is 6. The summed E-state index contributed by atoms with van der Waals surface area (Å²) in [6.07, 6.45) is 9.42. The lowest BCUT2D eigenvalue weighted by molar-refractivity contribution is 0.0251. The molecule has 1 aromatic rings. The van der Waals surface area contributed by atoms with Crippen LogP contribution in [0.15, 0.2) is 17.4 Å². The van der Waals surface area contributed by atoms with Gasteiger partial charge in [0.25, 0.3) is 0 Å². The number of nitrogens with zero attached hydrogens (tertiary/aromatic N) is 2. The predicted octanol–water partition coefficient (Wildman–Crippen LogP) is 2.29. The lowest BCUT2D eigenvalue weighted by atomic mass is 9.94. The van der Waals surface area contributed by atoms with Gasteiger partial charge < -0.3 is 15.8 Å². The van der Waals surface area contributed by atoms with Gasteiger partial charge in [0.05, 0.1) is 6.10 Å². The second-order valence-electron chi connectivity index (χ2n) is 5.13. The summed E-state index contributed by atoms with van der Waals surface area (Å²) in [4.78, 5) is 8.34. The predicted molar refractivity (Wildman–Crippen MR) is 83.1 cm³/mol. The largest absolute Gasteiger partial charge is 0.378 e. The Kier molecular flexibility index (Phi) is 6.56. The molecule has 0 saturated heterocycles. The number of nitrogens with one attached hydrogen (secondary N) is 1. The van der Waals surface area contributed by atoms with Gasteiger partial charge in [-0.2, -0.15) is 0 Å². The van der Waals surface area contributed by atoms with Crippen LogP contribution in [0.3, 0.4) is 0 Å². The van der Waals surface area contributed by atoms with E-state index in [-0.39, 0.29) is 0 Å². The molecule has 0 radical (unpaired) electrons. The molecule has 1 heterocycles. The van der Waals surface area contributed by atoms with Crippen LogP contribution < -0.4 is 11.1 Å². The summed E-state index contributed by atoms with van der Waals surface area (Å²) in [5, 5.41) is 4.28. The smallest absolute Gasteiger partial charge is 0.130 e. The van der Waals surface area contributed by atoms with Crippen LogP contribution in [0.1, 0.15) is 32.1 Å². The average Bonchev–Trinajstić information content (AvgIpc) is 2.49. The van der Waals surface area contributed by atoms with E-state index in [1.165, 1.54) is 0 Å². The molecule has 0 bridgehead atoms. The number of ether oxygens (including phenoxy) is 1. The molecule has 0 atom stereocenters. The van der Waals surface area contributed by atoms with Crippen LogP contribution in [0.2, 0.25) is 0 Å². The number of aromatic nitrogens is 2. The molecule has 5 nitrogen and oxygen atoms in total. The number of anilines is 1. The maximum atomic E-state index is 5.88. The highest BCUT2D eigenvalue weighted by Crippen LogP contribution is 2.19. The van der Waals surface area contributed by atoms with Gasteiger partial charge in [-0.1, -0.05) is 0 Å². The van der Waals surface area contributed by atoms with Crippen molar-refractivity contribution in [1.29, 1.82) is 0 Å². The van der Waals surface area contributed by atoms with Crippen molar-refractivity contribution in [3.8, 4) is 0 Å². The Morgan fingerprint density at radius 1 is 1.35 bits per heavy atom. The first kappa shape index (κ1) is 15.5. The molecule has 2 rings (SSSR count). The molecule has 0 spiro atoms. The van der Waals surface area contributed by atoms with E-state index in [0.717, 1.165) is 56.1 Å². The lowest BCUT2D eigenvalue weighted by Gasteiger charge is -2.26. The van der Waals surface area contributed by atoms with Crippen LogP contribution in [-0.2, 0) is 4.74 Å². The number of hydrogen-bond donors (Lipinski definition) is 2. The fourth-order valence-electron chi connectivity index (χ4n) is 2.34. The summed E-state index contributed by atoms with van der Waals surface area (Å²) >= 11 is 1.62. The molecular weight excluding hydrogens is 272 g/mol.